The average molecular weight is 485 g/mol. The van der Waals surface area contributed by atoms with Gasteiger partial charge >= 0.3 is 0 Å². The highest BCUT2D eigenvalue weighted by atomic mass is 127. The molecule has 1 aliphatic heterocycles. The van der Waals surface area contributed by atoms with E-state index in [2.05, 4.69) is 34.6 Å². The number of hydrogen-bond acceptors (Lipinski definition) is 5. The molecule has 0 aromatic carbocycles. The Morgan fingerprint density at radius 3 is 2.76 bits per heavy atom. The van der Waals surface area contributed by atoms with Gasteiger partial charge in [-0.3, -0.25) is 0 Å². The van der Waals surface area contributed by atoms with Crippen LogP contribution >= 0.6 is 24.0 Å². The third-order valence-electron chi connectivity index (χ3n) is 3.76. The van der Waals surface area contributed by atoms with Crippen LogP contribution in [-0.2, 0) is 16.6 Å². The second-order valence-electron chi connectivity index (χ2n) is 6.06. The number of aromatic nitrogens is 1. The first-order chi connectivity index (χ1) is 11.4. The number of rotatable bonds is 7. The maximum atomic E-state index is 11.8. The fourth-order valence-electron chi connectivity index (χ4n) is 2.42. The van der Waals surface area contributed by atoms with E-state index in [4.69, 9.17) is 4.52 Å². The number of hydrogen-bond donors (Lipinski definition) is 2. The predicted octanol–water partition coefficient (Wildman–Crippen LogP) is 1.51. The summed E-state index contributed by atoms with van der Waals surface area (Å²) >= 11 is 0. The molecular weight excluding hydrogens is 457 g/mol. The molecule has 8 nitrogen and oxygen atoms in total. The Bertz CT molecular complexity index is 660. The first-order valence-corrected chi connectivity index (χ1v) is 9.98. The molecule has 0 amide bonds. The molecule has 1 fully saturated rings. The Morgan fingerprint density at radius 1 is 1.44 bits per heavy atom. The van der Waals surface area contributed by atoms with Crippen LogP contribution in [0.3, 0.4) is 0 Å². The molecule has 144 valence electrons. The minimum atomic E-state index is -3.05. The van der Waals surface area contributed by atoms with Crippen LogP contribution in [0, 0.1) is 0 Å². The van der Waals surface area contributed by atoms with Gasteiger partial charge in [0.1, 0.15) is 6.54 Å². The molecule has 0 saturated carbocycles. The quantitative estimate of drug-likeness (QED) is 0.345. The fourth-order valence-corrected chi connectivity index (χ4v) is 3.94. The summed E-state index contributed by atoms with van der Waals surface area (Å²) in [6.45, 7) is 8.77. The molecule has 0 bridgehead atoms. The van der Waals surface area contributed by atoms with Crippen LogP contribution in [0.4, 0.5) is 0 Å². The third-order valence-corrected chi connectivity index (χ3v) is 5.72. The van der Waals surface area contributed by atoms with Crippen LogP contribution in [-0.4, -0.2) is 55.8 Å². The van der Waals surface area contributed by atoms with E-state index < -0.39 is 10.0 Å². The highest BCUT2D eigenvalue weighted by Gasteiger charge is 2.27. The van der Waals surface area contributed by atoms with Gasteiger partial charge in [0, 0.05) is 32.2 Å². The van der Waals surface area contributed by atoms with Crippen LogP contribution < -0.4 is 10.6 Å². The topological polar surface area (TPSA) is 99.8 Å². The van der Waals surface area contributed by atoms with Crippen molar-refractivity contribution < 1.29 is 12.9 Å². The van der Waals surface area contributed by atoms with Gasteiger partial charge in [-0.1, -0.05) is 19.0 Å². The molecule has 1 aliphatic rings. The third kappa shape index (κ3) is 6.74. The molecular formula is C15H28IN5O3S. The van der Waals surface area contributed by atoms with Crippen molar-refractivity contribution in [1.29, 1.82) is 0 Å². The molecule has 0 aliphatic carbocycles. The maximum Gasteiger partial charge on any atom is 0.214 e. The van der Waals surface area contributed by atoms with Gasteiger partial charge in [0.05, 0.1) is 11.4 Å². The van der Waals surface area contributed by atoms with Crippen molar-refractivity contribution in [2.24, 2.45) is 4.99 Å². The summed E-state index contributed by atoms with van der Waals surface area (Å²) in [6, 6.07) is 1.91. The second kappa shape index (κ2) is 10.3. The summed E-state index contributed by atoms with van der Waals surface area (Å²) in [5.41, 5.74) is 0.914. The highest BCUT2D eigenvalue weighted by molar-refractivity contribution is 14.0. The Morgan fingerprint density at radius 2 is 2.20 bits per heavy atom. The summed E-state index contributed by atoms with van der Waals surface area (Å²) in [5.74, 6) is 1.92. The van der Waals surface area contributed by atoms with Gasteiger partial charge in [0.25, 0.3) is 0 Å². The maximum absolute atomic E-state index is 11.8. The molecule has 2 heterocycles. The van der Waals surface area contributed by atoms with Crippen LogP contribution in [0.5, 0.6) is 0 Å². The van der Waals surface area contributed by atoms with Crippen molar-refractivity contribution in [3.8, 4) is 0 Å². The van der Waals surface area contributed by atoms with Gasteiger partial charge in [0.15, 0.2) is 11.7 Å². The lowest BCUT2D eigenvalue weighted by atomic mass is 10.1. The lowest BCUT2D eigenvalue weighted by Gasteiger charge is -2.16. The standard InChI is InChI=1S/C15H27N5O3S.HI/c1-4-16-15(17-6-8-20-7-5-9-24(20,21)22)18-11-13-10-14(12(2)3)19-23-13;/h10,12H,4-9,11H2,1-3H3,(H2,16,17,18);1H. The van der Waals surface area contributed by atoms with E-state index in [0.29, 0.717) is 50.2 Å². The van der Waals surface area contributed by atoms with E-state index in [-0.39, 0.29) is 29.7 Å². The Hall–Kier alpha value is -0.880. The van der Waals surface area contributed by atoms with Crippen LogP contribution in [0.15, 0.2) is 15.6 Å². The molecule has 1 aromatic rings. The Kier molecular flexibility index (Phi) is 9.14. The van der Waals surface area contributed by atoms with Gasteiger partial charge in [-0.15, -0.1) is 24.0 Å². The largest absolute Gasteiger partial charge is 0.359 e. The summed E-state index contributed by atoms with van der Waals surface area (Å²) in [5, 5.41) is 10.3. The van der Waals surface area contributed by atoms with Crippen molar-refractivity contribution in [3.63, 3.8) is 0 Å². The van der Waals surface area contributed by atoms with E-state index in [9.17, 15) is 8.42 Å². The number of sulfonamides is 1. The number of halogens is 1. The molecule has 0 atom stereocenters. The Labute approximate surface area is 166 Å². The predicted molar refractivity (Wildman–Crippen MR) is 109 cm³/mol. The van der Waals surface area contributed by atoms with Gasteiger partial charge in [-0.25, -0.2) is 17.7 Å². The van der Waals surface area contributed by atoms with E-state index in [1.807, 2.05) is 13.0 Å². The number of nitrogens with zero attached hydrogens (tertiary/aromatic N) is 3. The first-order valence-electron chi connectivity index (χ1n) is 8.38. The van der Waals surface area contributed by atoms with E-state index >= 15 is 0 Å². The van der Waals surface area contributed by atoms with Gasteiger partial charge < -0.3 is 15.2 Å². The SMILES string of the molecule is CCNC(=NCc1cc(C(C)C)no1)NCCN1CCCS1(=O)=O.I. The molecule has 0 unspecified atom stereocenters. The molecule has 25 heavy (non-hydrogen) atoms. The molecule has 2 rings (SSSR count). The van der Waals surface area contributed by atoms with Crippen LogP contribution in [0.1, 0.15) is 44.6 Å². The summed E-state index contributed by atoms with van der Waals surface area (Å²) in [7, 11) is -3.05. The number of aliphatic imine (C=N–C) groups is 1. The van der Waals surface area contributed by atoms with E-state index in [1.54, 1.807) is 0 Å². The molecule has 2 N–H and O–H groups in total. The van der Waals surface area contributed by atoms with Gasteiger partial charge in [0.2, 0.25) is 10.0 Å². The number of guanidine groups is 1. The molecule has 1 saturated heterocycles. The average Bonchev–Trinajstić information content (AvgIpc) is 3.12. The summed E-state index contributed by atoms with van der Waals surface area (Å²) in [6.07, 6.45) is 0.708. The van der Waals surface area contributed by atoms with Gasteiger partial charge in [-0.2, -0.15) is 0 Å². The lowest BCUT2D eigenvalue weighted by molar-refractivity contribution is 0.376. The molecule has 0 radical (unpaired) electrons. The second-order valence-corrected chi connectivity index (χ2v) is 8.15. The summed E-state index contributed by atoms with van der Waals surface area (Å²) in [4.78, 5) is 4.45. The lowest BCUT2D eigenvalue weighted by Crippen LogP contribution is -2.42. The zero-order valence-electron chi connectivity index (χ0n) is 15.0. The Balaban J connectivity index is 0.00000312. The molecule has 10 heteroatoms. The summed E-state index contributed by atoms with van der Waals surface area (Å²) < 4.78 is 30.3. The van der Waals surface area contributed by atoms with Crippen molar-refractivity contribution in [3.05, 3.63) is 17.5 Å². The first kappa shape index (κ1) is 22.2. The van der Waals surface area contributed by atoms with Crippen molar-refractivity contribution in [1.82, 2.24) is 20.1 Å². The monoisotopic (exact) mass is 485 g/mol. The normalized spacial score (nSPS) is 17.5. The van der Waals surface area contributed by atoms with Crippen molar-refractivity contribution in [2.45, 2.75) is 39.7 Å². The zero-order valence-corrected chi connectivity index (χ0v) is 18.1. The van der Waals surface area contributed by atoms with Crippen molar-refractivity contribution in [2.75, 3.05) is 31.9 Å². The molecule has 1 aromatic heterocycles. The molecule has 0 spiro atoms. The van der Waals surface area contributed by atoms with Gasteiger partial charge in [-0.05, 0) is 19.3 Å². The number of nitrogens with one attached hydrogen (secondary N) is 2. The van der Waals surface area contributed by atoms with Crippen molar-refractivity contribution >= 4 is 40.0 Å². The van der Waals surface area contributed by atoms with Crippen LogP contribution in [0.25, 0.3) is 0 Å². The minimum absolute atomic E-state index is 0. The van der Waals surface area contributed by atoms with E-state index in [1.165, 1.54) is 4.31 Å². The highest BCUT2D eigenvalue weighted by Crippen LogP contribution is 2.14. The fraction of sp³-hybridized carbons (Fsp3) is 0.733. The smallest absolute Gasteiger partial charge is 0.214 e. The minimum Gasteiger partial charge on any atom is -0.359 e. The van der Waals surface area contributed by atoms with E-state index in [0.717, 1.165) is 12.2 Å². The van der Waals surface area contributed by atoms with Crippen LogP contribution in [0.2, 0.25) is 0 Å². The zero-order chi connectivity index (χ0) is 17.6.